The fraction of sp³-hybridized carbons (Fsp3) is 0.500. The summed E-state index contributed by atoms with van der Waals surface area (Å²) in [7, 11) is 0. The number of anilines is 1. The minimum Gasteiger partial charge on any atom is -0.411 e. The molecule has 1 fully saturated rings. The number of amides is 1. The van der Waals surface area contributed by atoms with Crippen molar-refractivity contribution >= 4 is 17.3 Å². The molecular formula is C16H23N3O2. The van der Waals surface area contributed by atoms with E-state index in [1.807, 2.05) is 37.3 Å². The van der Waals surface area contributed by atoms with Gasteiger partial charge in [-0.25, -0.2) is 0 Å². The van der Waals surface area contributed by atoms with E-state index in [4.69, 9.17) is 5.21 Å². The van der Waals surface area contributed by atoms with Crippen LogP contribution in [0.4, 0.5) is 5.69 Å². The number of rotatable bonds is 4. The van der Waals surface area contributed by atoms with E-state index in [1.165, 1.54) is 0 Å². The minimum absolute atomic E-state index is 0.000408. The van der Waals surface area contributed by atoms with Crippen LogP contribution in [0.25, 0.3) is 0 Å². The molecule has 1 aliphatic rings. The van der Waals surface area contributed by atoms with Gasteiger partial charge < -0.3 is 10.5 Å². The molecule has 2 N–H and O–H groups in total. The van der Waals surface area contributed by atoms with E-state index < -0.39 is 0 Å². The van der Waals surface area contributed by atoms with Crippen LogP contribution in [0.3, 0.4) is 0 Å². The third kappa shape index (κ3) is 3.82. The fourth-order valence-corrected chi connectivity index (χ4v) is 2.72. The molecule has 0 saturated carbocycles. The van der Waals surface area contributed by atoms with Gasteiger partial charge in [-0.05, 0) is 25.5 Å². The van der Waals surface area contributed by atoms with Crippen molar-refractivity contribution in [2.45, 2.75) is 32.7 Å². The summed E-state index contributed by atoms with van der Waals surface area (Å²) >= 11 is 0. The average Bonchev–Trinajstić information content (AvgIpc) is 2.54. The lowest BCUT2D eigenvalue weighted by Gasteiger charge is -2.36. The summed E-state index contributed by atoms with van der Waals surface area (Å²) in [5.41, 5.74) is 1.67. The van der Waals surface area contributed by atoms with Crippen molar-refractivity contribution in [3.8, 4) is 0 Å². The summed E-state index contributed by atoms with van der Waals surface area (Å²) in [5.74, 6) is 0.233. The van der Waals surface area contributed by atoms with Gasteiger partial charge in [0.25, 0.3) is 0 Å². The Hall–Kier alpha value is -1.88. The number of likely N-dealkylation sites (tertiary alicyclic amines) is 1. The van der Waals surface area contributed by atoms with Gasteiger partial charge in [0, 0.05) is 31.1 Å². The maximum Gasteiger partial charge on any atom is 0.241 e. The lowest BCUT2D eigenvalue weighted by atomic mass is 9.92. The summed E-state index contributed by atoms with van der Waals surface area (Å²) in [4.78, 5) is 14.5. The van der Waals surface area contributed by atoms with Gasteiger partial charge in [0.15, 0.2) is 0 Å². The quantitative estimate of drug-likeness (QED) is 0.661. The Kier molecular flexibility index (Phi) is 5.33. The van der Waals surface area contributed by atoms with Crippen molar-refractivity contribution in [3.05, 3.63) is 30.3 Å². The first-order chi connectivity index (χ1) is 10.2. The van der Waals surface area contributed by atoms with E-state index in [0.29, 0.717) is 0 Å². The SMILES string of the molecule is CCC1CN(C(C)C(=O)Nc2ccccc2)CC/C1=N\O. The van der Waals surface area contributed by atoms with Crippen molar-refractivity contribution < 1.29 is 10.0 Å². The molecular weight excluding hydrogens is 266 g/mol. The van der Waals surface area contributed by atoms with Crippen LogP contribution >= 0.6 is 0 Å². The summed E-state index contributed by atoms with van der Waals surface area (Å²) < 4.78 is 0. The molecule has 1 amide bonds. The maximum absolute atomic E-state index is 12.3. The zero-order valence-corrected chi connectivity index (χ0v) is 12.6. The van der Waals surface area contributed by atoms with E-state index in [2.05, 4.69) is 22.3 Å². The molecule has 0 radical (unpaired) electrons. The highest BCUT2D eigenvalue weighted by molar-refractivity contribution is 5.95. The van der Waals surface area contributed by atoms with E-state index >= 15 is 0 Å². The molecule has 21 heavy (non-hydrogen) atoms. The number of carbonyl (C=O) groups is 1. The van der Waals surface area contributed by atoms with Crippen LogP contribution in [0, 0.1) is 5.92 Å². The Balaban J connectivity index is 1.96. The standard InChI is InChI=1S/C16H23N3O2/c1-3-13-11-19(10-9-15(13)18-21)12(2)16(20)17-14-7-5-4-6-8-14/h4-8,12-13,21H,3,9-11H2,1-2H3,(H,17,20)/b18-15+. The normalized spacial score (nSPS) is 23.0. The number of piperidine rings is 1. The second-order valence-corrected chi connectivity index (χ2v) is 5.47. The summed E-state index contributed by atoms with van der Waals surface area (Å²) in [6, 6.07) is 9.29. The molecule has 0 aliphatic carbocycles. The predicted octanol–water partition coefficient (Wildman–Crippen LogP) is 2.58. The Morgan fingerprint density at radius 3 is 2.81 bits per heavy atom. The number of nitrogens with zero attached hydrogens (tertiary/aromatic N) is 2. The predicted molar refractivity (Wildman–Crippen MR) is 83.7 cm³/mol. The van der Waals surface area contributed by atoms with Crippen molar-refractivity contribution in [2.75, 3.05) is 18.4 Å². The van der Waals surface area contributed by atoms with Crippen LogP contribution in [0.2, 0.25) is 0 Å². The molecule has 5 nitrogen and oxygen atoms in total. The van der Waals surface area contributed by atoms with E-state index in [0.717, 1.165) is 37.3 Å². The Labute approximate surface area is 125 Å². The first-order valence-electron chi connectivity index (χ1n) is 7.46. The van der Waals surface area contributed by atoms with Gasteiger partial charge in [0.05, 0.1) is 11.8 Å². The van der Waals surface area contributed by atoms with Gasteiger partial charge in [0.2, 0.25) is 5.91 Å². The van der Waals surface area contributed by atoms with Crippen molar-refractivity contribution in [2.24, 2.45) is 11.1 Å². The third-order valence-corrected chi connectivity index (χ3v) is 4.17. The van der Waals surface area contributed by atoms with Crippen LogP contribution in [-0.4, -0.2) is 40.9 Å². The van der Waals surface area contributed by atoms with Gasteiger partial charge in [-0.2, -0.15) is 0 Å². The van der Waals surface area contributed by atoms with E-state index in [9.17, 15) is 4.79 Å². The number of benzene rings is 1. The third-order valence-electron chi connectivity index (χ3n) is 4.17. The van der Waals surface area contributed by atoms with Crippen LogP contribution in [0.5, 0.6) is 0 Å². The van der Waals surface area contributed by atoms with Crippen LogP contribution in [-0.2, 0) is 4.79 Å². The molecule has 2 atom stereocenters. The molecule has 2 unspecified atom stereocenters. The lowest BCUT2D eigenvalue weighted by Crippen LogP contribution is -2.49. The molecule has 0 aromatic heterocycles. The fourth-order valence-electron chi connectivity index (χ4n) is 2.72. The summed E-state index contributed by atoms with van der Waals surface area (Å²) in [6.07, 6.45) is 1.64. The molecule has 1 aromatic carbocycles. The van der Waals surface area contributed by atoms with Crippen LogP contribution in [0.1, 0.15) is 26.7 Å². The molecule has 0 spiro atoms. The Morgan fingerprint density at radius 2 is 2.19 bits per heavy atom. The Morgan fingerprint density at radius 1 is 1.48 bits per heavy atom. The number of hydrogen-bond donors (Lipinski definition) is 2. The summed E-state index contributed by atoms with van der Waals surface area (Å²) in [5, 5.41) is 15.3. The smallest absolute Gasteiger partial charge is 0.241 e. The number of hydrogen-bond acceptors (Lipinski definition) is 4. The molecule has 0 bridgehead atoms. The zero-order valence-electron chi connectivity index (χ0n) is 12.6. The zero-order chi connectivity index (χ0) is 15.2. The molecule has 1 saturated heterocycles. The lowest BCUT2D eigenvalue weighted by molar-refractivity contribution is -0.121. The first-order valence-corrected chi connectivity index (χ1v) is 7.46. The van der Waals surface area contributed by atoms with Crippen molar-refractivity contribution in [1.82, 2.24) is 4.90 Å². The highest BCUT2D eigenvalue weighted by Gasteiger charge is 2.30. The molecule has 2 rings (SSSR count). The second kappa shape index (κ2) is 7.22. The summed E-state index contributed by atoms with van der Waals surface area (Å²) in [6.45, 7) is 5.51. The number of carbonyl (C=O) groups excluding carboxylic acids is 1. The van der Waals surface area contributed by atoms with Crippen LogP contribution < -0.4 is 5.32 Å². The number of nitrogens with one attached hydrogen (secondary N) is 1. The van der Waals surface area contributed by atoms with Crippen LogP contribution in [0.15, 0.2) is 35.5 Å². The van der Waals surface area contributed by atoms with Crippen molar-refractivity contribution in [1.29, 1.82) is 0 Å². The molecule has 1 heterocycles. The highest BCUT2D eigenvalue weighted by atomic mass is 16.4. The van der Waals surface area contributed by atoms with Gasteiger partial charge in [-0.3, -0.25) is 9.69 Å². The largest absolute Gasteiger partial charge is 0.411 e. The van der Waals surface area contributed by atoms with Gasteiger partial charge in [0.1, 0.15) is 0 Å². The highest BCUT2D eigenvalue weighted by Crippen LogP contribution is 2.20. The Bertz CT molecular complexity index is 502. The van der Waals surface area contributed by atoms with E-state index in [1.54, 1.807) is 0 Å². The average molecular weight is 289 g/mol. The molecule has 5 heteroatoms. The van der Waals surface area contributed by atoms with Gasteiger partial charge in [-0.1, -0.05) is 30.3 Å². The molecule has 1 aliphatic heterocycles. The van der Waals surface area contributed by atoms with Gasteiger partial charge in [-0.15, -0.1) is 0 Å². The second-order valence-electron chi connectivity index (χ2n) is 5.47. The first kappa shape index (κ1) is 15.5. The minimum atomic E-state index is -0.195. The number of oxime groups is 1. The van der Waals surface area contributed by atoms with Crippen molar-refractivity contribution in [3.63, 3.8) is 0 Å². The maximum atomic E-state index is 12.3. The van der Waals surface area contributed by atoms with Gasteiger partial charge >= 0.3 is 0 Å². The van der Waals surface area contributed by atoms with E-state index in [-0.39, 0.29) is 17.9 Å². The number of para-hydroxylation sites is 1. The topological polar surface area (TPSA) is 64.9 Å². The monoisotopic (exact) mass is 289 g/mol. The molecule has 1 aromatic rings. The molecule has 114 valence electrons.